The van der Waals surface area contributed by atoms with Crippen LogP contribution in [0.1, 0.15) is 33.3 Å². The molecule has 1 aromatic rings. The van der Waals surface area contributed by atoms with Gasteiger partial charge in [0.1, 0.15) is 5.75 Å². The highest BCUT2D eigenvalue weighted by molar-refractivity contribution is 5.27. The molecule has 0 saturated heterocycles. The summed E-state index contributed by atoms with van der Waals surface area (Å²) < 4.78 is 10.7. The molecule has 0 aromatic heterocycles. The van der Waals surface area contributed by atoms with E-state index < -0.39 is 6.10 Å². The Morgan fingerprint density at radius 1 is 1.05 bits per heavy atom. The highest BCUT2D eigenvalue weighted by Gasteiger charge is 2.15. The van der Waals surface area contributed by atoms with Crippen molar-refractivity contribution < 1.29 is 14.6 Å². The van der Waals surface area contributed by atoms with Crippen molar-refractivity contribution in [1.29, 1.82) is 0 Å². The Hall–Kier alpha value is -1.10. The topological polar surface area (TPSA) is 41.9 Å². The van der Waals surface area contributed by atoms with E-state index in [4.69, 9.17) is 9.47 Å². The zero-order chi connectivity index (χ0) is 16.5. The summed E-state index contributed by atoms with van der Waals surface area (Å²) in [6.45, 7) is 11.0. The second-order valence-corrected chi connectivity index (χ2v) is 6.46. The minimum absolute atomic E-state index is 0.363. The third kappa shape index (κ3) is 7.25. The van der Waals surface area contributed by atoms with Gasteiger partial charge in [0.25, 0.3) is 0 Å². The van der Waals surface area contributed by atoms with Crippen LogP contribution in [0.5, 0.6) is 5.75 Å². The molecule has 0 aliphatic carbocycles. The smallest absolute Gasteiger partial charge is 0.118 e. The van der Waals surface area contributed by atoms with Crippen LogP contribution in [0.4, 0.5) is 0 Å². The number of aliphatic hydroxyl groups is 1. The molecule has 0 saturated carbocycles. The molecule has 1 rings (SSSR count). The Bertz CT molecular complexity index is 403. The Morgan fingerprint density at radius 2 is 1.68 bits per heavy atom. The second-order valence-electron chi connectivity index (χ2n) is 6.46. The summed E-state index contributed by atoms with van der Waals surface area (Å²) in [5.41, 5.74) is 1.21. The van der Waals surface area contributed by atoms with Gasteiger partial charge in [-0.1, -0.05) is 26.0 Å². The number of ether oxygens (including phenoxy) is 2. The molecule has 1 atom stereocenters. The largest absolute Gasteiger partial charge is 0.497 e. The normalized spacial score (nSPS) is 13.1. The minimum Gasteiger partial charge on any atom is -0.497 e. The molecule has 4 heteroatoms. The lowest BCUT2D eigenvalue weighted by molar-refractivity contribution is 0.00174. The van der Waals surface area contributed by atoms with Crippen molar-refractivity contribution in [3.8, 4) is 5.75 Å². The van der Waals surface area contributed by atoms with Crippen molar-refractivity contribution in [1.82, 2.24) is 4.90 Å². The average Bonchev–Trinajstić information content (AvgIpc) is 2.46. The van der Waals surface area contributed by atoms with Crippen LogP contribution in [-0.4, -0.2) is 49.0 Å². The van der Waals surface area contributed by atoms with Gasteiger partial charge in [-0.05, 0) is 37.5 Å². The van der Waals surface area contributed by atoms with Crippen molar-refractivity contribution in [2.45, 2.75) is 46.4 Å². The third-order valence-electron chi connectivity index (χ3n) is 3.48. The first-order chi connectivity index (χ1) is 10.4. The van der Waals surface area contributed by atoms with E-state index >= 15 is 0 Å². The minimum atomic E-state index is -0.459. The van der Waals surface area contributed by atoms with Gasteiger partial charge in [0.2, 0.25) is 0 Å². The number of aliphatic hydroxyl groups excluding tert-OH is 1. The van der Waals surface area contributed by atoms with E-state index in [0.717, 1.165) is 12.3 Å². The van der Waals surface area contributed by atoms with Crippen molar-refractivity contribution in [2.24, 2.45) is 5.92 Å². The van der Waals surface area contributed by atoms with Gasteiger partial charge in [0, 0.05) is 25.7 Å². The summed E-state index contributed by atoms with van der Waals surface area (Å²) in [5, 5.41) is 10.2. The molecule has 0 unspecified atom stereocenters. The van der Waals surface area contributed by atoms with Crippen LogP contribution in [-0.2, 0) is 11.3 Å². The molecule has 4 nitrogen and oxygen atoms in total. The molecule has 22 heavy (non-hydrogen) atoms. The third-order valence-corrected chi connectivity index (χ3v) is 3.48. The molecule has 0 amide bonds. The summed E-state index contributed by atoms with van der Waals surface area (Å²) in [7, 11) is 1.67. The van der Waals surface area contributed by atoms with Crippen LogP contribution in [0.25, 0.3) is 0 Å². The van der Waals surface area contributed by atoms with Gasteiger partial charge >= 0.3 is 0 Å². The van der Waals surface area contributed by atoms with Gasteiger partial charge in [-0.25, -0.2) is 0 Å². The number of benzene rings is 1. The summed E-state index contributed by atoms with van der Waals surface area (Å²) in [5.74, 6) is 1.36. The zero-order valence-corrected chi connectivity index (χ0v) is 14.6. The van der Waals surface area contributed by atoms with Crippen LogP contribution in [0.3, 0.4) is 0 Å². The standard InChI is InChI=1S/C18H31NO3/c1-14(2)12-22-13-17(20)11-19(15(3)4)10-16-6-8-18(21-5)9-7-16/h6-9,14-15,17,20H,10-13H2,1-5H3/t17-/m0/s1. The number of rotatable bonds is 10. The molecule has 1 N–H and O–H groups in total. The van der Waals surface area contributed by atoms with Crippen LogP contribution in [0, 0.1) is 5.92 Å². The van der Waals surface area contributed by atoms with Gasteiger partial charge in [-0.2, -0.15) is 0 Å². The summed E-state index contributed by atoms with van der Waals surface area (Å²) in [6, 6.07) is 8.43. The first-order valence-corrected chi connectivity index (χ1v) is 8.05. The second kappa shape index (κ2) is 9.82. The van der Waals surface area contributed by atoms with E-state index in [9.17, 15) is 5.11 Å². The van der Waals surface area contributed by atoms with Gasteiger partial charge in [-0.15, -0.1) is 0 Å². The maximum absolute atomic E-state index is 10.2. The van der Waals surface area contributed by atoms with E-state index in [-0.39, 0.29) is 0 Å². The van der Waals surface area contributed by atoms with Crippen LogP contribution >= 0.6 is 0 Å². The lowest BCUT2D eigenvalue weighted by Gasteiger charge is -2.29. The molecular weight excluding hydrogens is 278 g/mol. The lowest BCUT2D eigenvalue weighted by Crippen LogP contribution is -2.39. The molecule has 1 aromatic carbocycles. The molecule has 0 radical (unpaired) electrons. The van der Waals surface area contributed by atoms with E-state index in [1.165, 1.54) is 5.56 Å². The first kappa shape index (κ1) is 18.9. The molecule has 0 aliphatic rings. The molecule has 0 aliphatic heterocycles. The van der Waals surface area contributed by atoms with Gasteiger partial charge in [-0.3, -0.25) is 4.90 Å². The predicted octanol–water partition coefficient (Wildman–Crippen LogP) is 2.94. The van der Waals surface area contributed by atoms with Crippen LogP contribution < -0.4 is 4.74 Å². The summed E-state index contributed by atoms with van der Waals surface area (Å²) >= 11 is 0. The fourth-order valence-electron chi connectivity index (χ4n) is 2.19. The van der Waals surface area contributed by atoms with Crippen molar-refractivity contribution >= 4 is 0 Å². The van der Waals surface area contributed by atoms with Crippen LogP contribution in [0.15, 0.2) is 24.3 Å². The van der Waals surface area contributed by atoms with Gasteiger partial charge in [0.05, 0.1) is 19.8 Å². The monoisotopic (exact) mass is 309 g/mol. The Morgan fingerprint density at radius 3 is 2.18 bits per heavy atom. The Balaban J connectivity index is 2.50. The van der Waals surface area contributed by atoms with Crippen LogP contribution in [0.2, 0.25) is 0 Å². The first-order valence-electron chi connectivity index (χ1n) is 8.05. The molecule has 0 bridgehead atoms. The number of hydrogen-bond donors (Lipinski definition) is 1. The number of methoxy groups -OCH3 is 1. The van der Waals surface area contributed by atoms with Crippen molar-refractivity contribution in [3.05, 3.63) is 29.8 Å². The Kier molecular flexibility index (Phi) is 8.46. The summed E-state index contributed by atoms with van der Waals surface area (Å²) in [4.78, 5) is 2.26. The molecule has 126 valence electrons. The van der Waals surface area contributed by atoms with Crippen molar-refractivity contribution in [3.63, 3.8) is 0 Å². The lowest BCUT2D eigenvalue weighted by atomic mass is 10.1. The zero-order valence-electron chi connectivity index (χ0n) is 14.6. The van der Waals surface area contributed by atoms with Gasteiger partial charge in [0.15, 0.2) is 0 Å². The fraction of sp³-hybridized carbons (Fsp3) is 0.667. The molecule has 0 heterocycles. The molecular formula is C18H31NO3. The van der Waals surface area contributed by atoms with Gasteiger partial charge < -0.3 is 14.6 Å². The maximum Gasteiger partial charge on any atom is 0.118 e. The van der Waals surface area contributed by atoms with E-state index in [0.29, 0.717) is 31.7 Å². The predicted molar refractivity (Wildman–Crippen MR) is 90.2 cm³/mol. The number of nitrogens with zero attached hydrogens (tertiary/aromatic N) is 1. The van der Waals surface area contributed by atoms with E-state index in [1.807, 2.05) is 12.1 Å². The Labute approximate surface area is 135 Å². The average molecular weight is 309 g/mol. The highest BCUT2D eigenvalue weighted by Crippen LogP contribution is 2.14. The highest BCUT2D eigenvalue weighted by atomic mass is 16.5. The van der Waals surface area contributed by atoms with Crippen molar-refractivity contribution in [2.75, 3.05) is 26.9 Å². The summed E-state index contributed by atoms with van der Waals surface area (Å²) in [6.07, 6.45) is -0.459. The molecule has 0 fully saturated rings. The molecule has 0 spiro atoms. The SMILES string of the molecule is COc1ccc(CN(C[C@H](O)COCC(C)C)C(C)C)cc1. The van der Waals surface area contributed by atoms with E-state index in [1.54, 1.807) is 7.11 Å². The maximum atomic E-state index is 10.2. The number of hydrogen-bond acceptors (Lipinski definition) is 4. The quantitative estimate of drug-likeness (QED) is 0.721. The van der Waals surface area contributed by atoms with E-state index in [2.05, 4.69) is 44.7 Å². The fourth-order valence-corrected chi connectivity index (χ4v) is 2.19.